The van der Waals surface area contributed by atoms with Crippen LogP contribution in [0.1, 0.15) is 24.5 Å². The molecule has 5 heteroatoms. The van der Waals surface area contributed by atoms with Gasteiger partial charge in [-0.15, -0.1) is 0 Å². The van der Waals surface area contributed by atoms with Crippen molar-refractivity contribution in [1.82, 2.24) is 9.88 Å². The van der Waals surface area contributed by atoms with E-state index in [4.69, 9.17) is 0 Å². The molecule has 1 aromatic carbocycles. The van der Waals surface area contributed by atoms with E-state index in [0.29, 0.717) is 19.4 Å². The van der Waals surface area contributed by atoms with Gasteiger partial charge in [-0.1, -0.05) is 18.2 Å². The van der Waals surface area contributed by atoms with Crippen LogP contribution in [0.5, 0.6) is 0 Å². The van der Waals surface area contributed by atoms with Crippen molar-refractivity contribution >= 4 is 17.5 Å². The lowest BCUT2D eigenvalue weighted by Gasteiger charge is -2.40. The van der Waals surface area contributed by atoms with E-state index in [1.807, 2.05) is 50.2 Å². The molecule has 0 radical (unpaired) electrons. The van der Waals surface area contributed by atoms with Crippen LogP contribution in [0.2, 0.25) is 0 Å². The Balaban J connectivity index is 1.65. The van der Waals surface area contributed by atoms with Gasteiger partial charge in [0.1, 0.15) is 6.54 Å². The Labute approximate surface area is 148 Å². The van der Waals surface area contributed by atoms with E-state index in [1.54, 1.807) is 22.2 Å². The SMILES string of the molecule is Cc1ccccc1N1CC(C)N(C(=O)CCc2ccncc2)CC1=O. The van der Waals surface area contributed by atoms with Crippen molar-refractivity contribution in [3.63, 3.8) is 0 Å². The van der Waals surface area contributed by atoms with Crippen LogP contribution in [-0.2, 0) is 16.0 Å². The highest BCUT2D eigenvalue weighted by Crippen LogP contribution is 2.24. The number of piperazine rings is 1. The molecule has 1 atom stereocenters. The van der Waals surface area contributed by atoms with Crippen molar-refractivity contribution < 1.29 is 9.59 Å². The summed E-state index contributed by atoms with van der Waals surface area (Å²) in [7, 11) is 0. The highest BCUT2D eigenvalue weighted by Gasteiger charge is 2.33. The van der Waals surface area contributed by atoms with Gasteiger partial charge in [0.2, 0.25) is 11.8 Å². The normalized spacial score (nSPS) is 17.7. The molecule has 2 aromatic rings. The van der Waals surface area contributed by atoms with Crippen LogP contribution >= 0.6 is 0 Å². The van der Waals surface area contributed by atoms with Crippen molar-refractivity contribution in [2.24, 2.45) is 0 Å². The molecule has 0 bridgehead atoms. The number of benzene rings is 1. The fourth-order valence-electron chi connectivity index (χ4n) is 3.23. The van der Waals surface area contributed by atoms with Crippen LogP contribution in [0.4, 0.5) is 5.69 Å². The minimum atomic E-state index is -0.0235. The van der Waals surface area contributed by atoms with E-state index in [1.165, 1.54) is 0 Å². The van der Waals surface area contributed by atoms with E-state index in [0.717, 1.165) is 16.8 Å². The summed E-state index contributed by atoms with van der Waals surface area (Å²) < 4.78 is 0. The lowest BCUT2D eigenvalue weighted by Crippen LogP contribution is -2.57. The third-order valence-electron chi connectivity index (χ3n) is 4.69. The maximum absolute atomic E-state index is 12.6. The zero-order chi connectivity index (χ0) is 17.8. The molecule has 2 heterocycles. The number of aromatic nitrogens is 1. The van der Waals surface area contributed by atoms with Crippen LogP contribution in [0.15, 0.2) is 48.8 Å². The number of carbonyl (C=O) groups excluding carboxylic acids is 2. The Hall–Kier alpha value is -2.69. The molecule has 1 unspecified atom stereocenters. The molecular weight excluding hydrogens is 314 g/mol. The maximum Gasteiger partial charge on any atom is 0.246 e. The minimum Gasteiger partial charge on any atom is -0.329 e. The number of hydrogen-bond acceptors (Lipinski definition) is 3. The lowest BCUT2D eigenvalue weighted by molar-refractivity contribution is -0.139. The summed E-state index contributed by atoms with van der Waals surface area (Å²) in [6, 6.07) is 11.7. The van der Waals surface area contributed by atoms with Gasteiger partial charge in [0.25, 0.3) is 0 Å². The van der Waals surface area contributed by atoms with Gasteiger partial charge >= 0.3 is 0 Å². The van der Waals surface area contributed by atoms with Crippen molar-refractivity contribution in [3.8, 4) is 0 Å². The minimum absolute atomic E-state index is 0.00208. The summed E-state index contributed by atoms with van der Waals surface area (Å²) in [5, 5.41) is 0. The Morgan fingerprint density at radius 3 is 2.64 bits per heavy atom. The first-order valence-corrected chi connectivity index (χ1v) is 8.60. The van der Waals surface area contributed by atoms with Gasteiger partial charge < -0.3 is 9.80 Å². The largest absolute Gasteiger partial charge is 0.329 e. The number of para-hydroxylation sites is 1. The number of amides is 2. The molecule has 130 valence electrons. The van der Waals surface area contributed by atoms with Crippen molar-refractivity contribution in [1.29, 1.82) is 0 Å². The monoisotopic (exact) mass is 337 g/mol. The highest BCUT2D eigenvalue weighted by molar-refractivity contribution is 5.98. The summed E-state index contributed by atoms with van der Waals surface area (Å²) in [5.41, 5.74) is 3.09. The Bertz CT molecular complexity index is 761. The Morgan fingerprint density at radius 2 is 1.92 bits per heavy atom. The van der Waals surface area contributed by atoms with Gasteiger partial charge in [-0.05, 0) is 49.6 Å². The molecule has 0 aliphatic carbocycles. The van der Waals surface area contributed by atoms with Crippen LogP contribution in [0.3, 0.4) is 0 Å². The van der Waals surface area contributed by atoms with Gasteiger partial charge in [0, 0.05) is 37.1 Å². The molecule has 5 nitrogen and oxygen atoms in total. The number of anilines is 1. The lowest BCUT2D eigenvalue weighted by atomic mass is 10.1. The zero-order valence-corrected chi connectivity index (χ0v) is 14.7. The van der Waals surface area contributed by atoms with E-state index < -0.39 is 0 Å². The number of nitrogens with zero attached hydrogens (tertiary/aromatic N) is 3. The van der Waals surface area contributed by atoms with Crippen LogP contribution in [0.25, 0.3) is 0 Å². The molecule has 0 saturated carbocycles. The molecule has 1 saturated heterocycles. The molecular formula is C20H23N3O2. The number of hydrogen-bond donors (Lipinski definition) is 0. The number of aryl methyl sites for hydroxylation is 2. The predicted octanol–water partition coefficient (Wildman–Crippen LogP) is 2.59. The molecule has 1 aliphatic heterocycles. The average molecular weight is 337 g/mol. The molecule has 2 amide bonds. The van der Waals surface area contributed by atoms with Crippen molar-refractivity contribution in [2.75, 3.05) is 18.0 Å². The maximum atomic E-state index is 12.6. The van der Waals surface area contributed by atoms with E-state index in [9.17, 15) is 9.59 Å². The second-order valence-corrected chi connectivity index (χ2v) is 6.52. The third-order valence-corrected chi connectivity index (χ3v) is 4.69. The molecule has 1 fully saturated rings. The fraction of sp³-hybridized carbons (Fsp3) is 0.350. The summed E-state index contributed by atoms with van der Waals surface area (Å²) in [6.45, 7) is 4.68. The van der Waals surface area contributed by atoms with Crippen molar-refractivity contribution in [3.05, 3.63) is 59.9 Å². The first-order chi connectivity index (χ1) is 12.1. The summed E-state index contributed by atoms with van der Waals surface area (Å²) in [6.07, 6.45) is 4.53. The van der Waals surface area contributed by atoms with Crippen molar-refractivity contribution in [2.45, 2.75) is 32.7 Å². The molecule has 1 aliphatic rings. The smallest absolute Gasteiger partial charge is 0.246 e. The summed E-state index contributed by atoms with van der Waals surface area (Å²) in [5.74, 6) is 0.00626. The quantitative estimate of drug-likeness (QED) is 0.862. The second-order valence-electron chi connectivity index (χ2n) is 6.52. The van der Waals surface area contributed by atoms with Gasteiger partial charge in [0.15, 0.2) is 0 Å². The van der Waals surface area contributed by atoms with Crippen LogP contribution in [-0.4, -0.2) is 40.8 Å². The molecule has 0 spiro atoms. The molecule has 1 aromatic heterocycles. The van der Waals surface area contributed by atoms with E-state index in [-0.39, 0.29) is 24.4 Å². The number of rotatable bonds is 4. The summed E-state index contributed by atoms with van der Waals surface area (Å²) >= 11 is 0. The highest BCUT2D eigenvalue weighted by atomic mass is 16.2. The predicted molar refractivity (Wildman–Crippen MR) is 97.3 cm³/mol. The molecule has 0 N–H and O–H groups in total. The fourth-order valence-corrected chi connectivity index (χ4v) is 3.23. The van der Waals surface area contributed by atoms with Crippen LogP contribution < -0.4 is 4.90 Å². The first-order valence-electron chi connectivity index (χ1n) is 8.60. The second kappa shape index (κ2) is 7.47. The topological polar surface area (TPSA) is 53.5 Å². The molecule has 25 heavy (non-hydrogen) atoms. The van der Waals surface area contributed by atoms with Gasteiger partial charge in [-0.25, -0.2) is 0 Å². The Morgan fingerprint density at radius 1 is 1.20 bits per heavy atom. The van der Waals surface area contributed by atoms with E-state index >= 15 is 0 Å². The summed E-state index contributed by atoms with van der Waals surface area (Å²) in [4.78, 5) is 32.7. The van der Waals surface area contributed by atoms with E-state index in [2.05, 4.69) is 4.98 Å². The van der Waals surface area contributed by atoms with Gasteiger partial charge in [-0.3, -0.25) is 14.6 Å². The first kappa shape index (κ1) is 17.1. The average Bonchev–Trinajstić information content (AvgIpc) is 2.63. The van der Waals surface area contributed by atoms with Gasteiger partial charge in [0.05, 0.1) is 0 Å². The Kier molecular flexibility index (Phi) is 5.12. The number of carbonyl (C=O) groups is 2. The number of pyridine rings is 1. The molecule has 3 rings (SSSR count). The third kappa shape index (κ3) is 3.87. The zero-order valence-electron chi connectivity index (χ0n) is 14.7. The van der Waals surface area contributed by atoms with Crippen LogP contribution in [0, 0.1) is 6.92 Å². The standard InChI is InChI=1S/C20H23N3O2/c1-15-5-3-4-6-18(15)23-13-16(2)22(14-20(23)25)19(24)8-7-17-9-11-21-12-10-17/h3-6,9-12,16H,7-8,13-14H2,1-2H3. The van der Waals surface area contributed by atoms with Gasteiger partial charge in [-0.2, -0.15) is 0 Å².